The van der Waals surface area contributed by atoms with Crippen LogP contribution in [0.15, 0.2) is 35.4 Å². The van der Waals surface area contributed by atoms with Crippen LogP contribution in [0.2, 0.25) is 0 Å². The van der Waals surface area contributed by atoms with E-state index in [1.165, 1.54) is 0 Å². The molecule has 0 amide bonds. The molecule has 3 aromatic rings. The molecule has 0 spiro atoms. The van der Waals surface area contributed by atoms with Crippen LogP contribution in [0, 0.1) is 3.83 Å². The normalized spacial score (nSPS) is 10.9. The van der Waals surface area contributed by atoms with Crippen molar-refractivity contribution >= 4 is 33.5 Å². The van der Waals surface area contributed by atoms with Crippen molar-refractivity contribution in [3.8, 4) is 11.1 Å². The molecule has 3 rings (SSSR count). The van der Waals surface area contributed by atoms with Gasteiger partial charge in [0.05, 0.1) is 17.1 Å². The van der Waals surface area contributed by atoms with E-state index in [4.69, 9.17) is 0 Å². The first-order valence-electron chi connectivity index (χ1n) is 4.93. The predicted molar refractivity (Wildman–Crippen MR) is 72.7 cm³/mol. The molecule has 0 aliphatic rings. The van der Waals surface area contributed by atoms with Gasteiger partial charge in [-0.2, -0.15) is 5.10 Å². The van der Waals surface area contributed by atoms with Gasteiger partial charge in [0.1, 0.15) is 0 Å². The Balaban J connectivity index is 2.45. The molecule has 0 fully saturated rings. The number of benzene rings is 1. The number of hydrogen-bond acceptors (Lipinski definition) is 3. The summed E-state index contributed by atoms with van der Waals surface area (Å²) in [6.07, 6.45) is 3.44. The predicted octanol–water partition coefficient (Wildman–Crippen LogP) is 1.92. The summed E-state index contributed by atoms with van der Waals surface area (Å²) in [7, 11) is 0. The minimum Gasteiger partial charge on any atom is -0.301 e. The molecule has 2 heterocycles. The molecule has 6 heteroatoms. The van der Waals surface area contributed by atoms with Gasteiger partial charge in [0.2, 0.25) is 0 Å². The number of aromatic nitrogens is 4. The zero-order valence-electron chi connectivity index (χ0n) is 8.57. The third-order valence-corrected chi connectivity index (χ3v) is 3.02. The van der Waals surface area contributed by atoms with Crippen LogP contribution < -0.4 is 5.56 Å². The van der Waals surface area contributed by atoms with Crippen LogP contribution in [0.4, 0.5) is 0 Å². The number of aromatic amines is 2. The molecule has 0 unspecified atom stereocenters. The molecular formula is C11H7IN4O. The molecule has 1 aromatic carbocycles. The van der Waals surface area contributed by atoms with Crippen molar-refractivity contribution in [3.05, 3.63) is 44.8 Å². The van der Waals surface area contributed by atoms with Crippen molar-refractivity contribution in [2.75, 3.05) is 0 Å². The fourth-order valence-electron chi connectivity index (χ4n) is 1.80. The molecule has 0 saturated carbocycles. The van der Waals surface area contributed by atoms with Gasteiger partial charge in [-0.25, -0.2) is 4.98 Å². The number of H-pyrrole nitrogens is 2. The van der Waals surface area contributed by atoms with Crippen LogP contribution in [0.3, 0.4) is 0 Å². The summed E-state index contributed by atoms with van der Waals surface area (Å²) < 4.78 is 0.587. The highest BCUT2D eigenvalue weighted by molar-refractivity contribution is 14.1. The highest BCUT2D eigenvalue weighted by Gasteiger charge is 2.09. The maximum Gasteiger partial charge on any atom is 0.259 e. The van der Waals surface area contributed by atoms with Crippen molar-refractivity contribution in [1.29, 1.82) is 0 Å². The Morgan fingerprint density at radius 1 is 1.29 bits per heavy atom. The van der Waals surface area contributed by atoms with E-state index in [1.807, 2.05) is 40.8 Å². The zero-order chi connectivity index (χ0) is 11.8. The average molecular weight is 338 g/mol. The number of halogens is 1. The van der Waals surface area contributed by atoms with E-state index in [-0.39, 0.29) is 5.56 Å². The summed E-state index contributed by atoms with van der Waals surface area (Å²) in [5.74, 6) is 0. The molecule has 0 radical (unpaired) electrons. The number of rotatable bonds is 1. The molecule has 2 aromatic heterocycles. The van der Waals surface area contributed by atoms with Crippen LogP contribution >= 0.6 is 22.6 Å². The van der Waals surface area contributed by atoms with Crippen LogP contribution in [0.1, 0.15) is 0 Å². The second kappa shape index (κ2) is 3.95. The van der Waals surface area contributed by atoms with E-state index in [0.29, 0.717) is 14.7 Å². The maximum absolute atomic E-state index is 12.0. The number of fused-ring (bicyclic) bond motifs is 1. The fourth-order valence-corrected chi connectivity index (χ4v) is 2.31. The van der Waals surface area contributed by atoms with Crippen LogP contribution in [0.25, 0.3) is 22.0 Å². The van der Waals surface area contributed by atoms with Gasteiger partial charge >= 0.3 is 0 Å². The van der Waals surface area contributed by atoms with E-state index in [9.17, 15) is 4.79 Å². The molecule has 5 nitrogen and oxygen atoms in total. The molecular weight excluding hydrogens is 331 g/mol. The van der Waals surface area contributed by atoms with Gasteiger partial charge in [0.25, 0.3) is 5.56 Å². The SMILES string of the molecule is O=c1[nH]c(I)nc2cccc(-c3cn[nH]c3)c12. The van der Waals surface area contributed by atoms with Gasteiger partial charge in [-0.3, -0.25) is 9.89 Å². The molecule has 0 aliphatic carbocycles. The van der Waals surface area contributed by atoms with Crippen molar-refractivity contribution in [2.24, 2.45) is 0 Å². The van der Waals surface area contributed by atoms with Crippen molar-refractivity contribution in [1.82, 2.24) is 20.2 Å². The van der Waals surface area contributed by atoms with Gasteiger partial charge < -0.3 is 4.98 Å². The van der Waals surface area contributed by atoms with E-state index < -0.39 is 0 Å². The first-order valence-corrected chi connectivity index (χ1v) is 6.01. The van der Waals surface area contributed by atoms with Crippen molar-refractivity contribution < 1.29 is 0 Å². The second-order valence-corrected chi connectivity index (χ2v) is 4.57. The molecule has 2 N–H and O–H groups in total. The standard InChI is InChI=1S/C11H7IN4O/c12-11-15-8-3-1-2-7(6-4-13-14-5-6)9(8)10(17)16-11/h1-5H,(H,13,14)(H,15,16,17). The van der Waals surface area contributed by atoms with E-state index in [1.54, 1.807) is 12.4 Å². The molecule has 0 atom stereocenters. The average Bonchev–Trinajstić information content (AvgIpc) is 2.80. The largest absolute Gasteiger partial charge is 0.301 e. The maximum atomic E-state index is 12.0. The Hall–Kier alpha value is -1.70. The first kappa shape index (κ1) is 10.5. The number of hydrogen-bond donors (Lipinski definition) is 2. The first-order chi connectivity index (χ1) is 8.25. The van der Waals surface area contributed by atoms with Crippen LogP contribution in [-0.2, 0) is 0 Å². The van der Waals surface area contributed by atoms with Gasteiger partial charge in [0, 0.05) is 11.8 Å². The Kier molecular flexibility index (Phi) is 2.43. The molecule has 0 bridgehead atoms. The van der Waals surface area contributed by atoms with E-state index >= 15 is 0 Å². The summed E-state index contributed by atoms with van der Waals surface area (Å²) in [4.78, 5) is 19.0. The lowest BCUT2D eigenvalue weighted by Gasteiger charge is -2.03. The lowest BCUT2D eigenvalue weighted by Crippen LogP contribution is -2.10. The van der Waals surface area contributed by atoms with Gasteiger partial charge in [-0.1, -0.05) is 12.1 Å². The monoisotopic (exact) mass is 338 g/mol. The topological polar surface area (TPSA) is 74.4 Å². The lowest BCUT2D eigenvalue weighted by atomic mass is 10.0. The molecule has 17 heavy (non-hydrogen) atoms. The van der Waals surface area contributed by atoms with Gasteiger partial charge in [-0.05, 0) is 34.2 Å². The fraction of sp³-hybridized carbons (Fsp3) is 0. The summed E-state index contributed by atoms with van der Waals surface area (Å²) in [5.41, 5.74) is 2.28. The Bertz CT molecular complexity index is 733. The van der Waals surface area contributed by atoms with Crippen LogP contribution in [0.5, 0.6) is 0 Å². The number of nitrogens with one attached hydrogen (secondary N) is 2. The smallest absolute Gasteiger partial charge is 0.259 e. The quantitative estimate of drug-likeness (QED) is 0.526. The van der Waals surface area contributed by atoms with Crippen molar-refractivity contribution in [3.63, 3.8) is 0 Å². The summed E-state index contributed by atoms with van der Waals surface area (Å²) >= 11 is 1.99. The van der Waals surface area contributed by atoms with E-state index in [0.717, 1.165) is 11.1 Å². The minimum atomic E-state index is -0.129. The number of nitrogens with zero attached hydrogens (tertiary/aromatic N) is 2. The Morgan fingerprint density at radius 2 is 2.18 bits per heavy atom. The molecule has 0 saturated heterocycles. The molecule has 0 aliphatic heterocycles. The van der Waals surface area contributed by atoms with Gasteiger partial charge in [0.15, 0.2) is 3.83 Å². The third kappa shape index (κ3) is 1.74. The Labute approximate surface area is 109 Å². The van der Waals surface area contributed by atoms with E-state index in [2.05, 4.69) is 20.2 Å². The highest BCUT2D eigenvalue weighted by Crippen LogP contribution is 2.24. The third-order valence-electron chi connectivity index (χ3n) is 2.51. The van der Waals surface area contributed by atoms with Gasteiger partial charge in [-0.15, -0.1) is 0 Å². The lowest BCUT2D eigenvalue weighted by molar-refractivity contribution is 1.09. The summed E-state index contributed by atoms with van der Waals surface area (Å²) in [6, 6.07) is 5.60. The highest BCUT2D eigenvalue weighted by atomic mass is 127. The Morgan fingerprint density at radius 3 is 2.94 bits per heavy atom. The van der Waals surface area contributed by atoms with Crippen LogP contribution in [-0.4, -0.2) is 20.2 Å². The summed E-state index contributed by atoms with van der Waals surface area (Å²) in [6.45, 7) is 0. The minimum absolute atomic E-state index is 0.129. The molecule has 84 valence electrons. The second-order valence-electron chi connectivity index (χ2n) is 3.54. The summed E-state index contributed by atoms with van der Waals surface area (Å²) in [5, 5.41) is 7.23. The van der Waals surface area contributed by atoms with Crippen molar-refractivity contribution in [2.45, 2.75) is 0 Å². The zero-order valence-corrected chi connectivity index (χ0v) is 10.7.